The molecule has 90 valence electrons. The molecule has 0 aromatic carbocycles. The minimum absolute atomic E-state index is 0.167. The van der Waals surface area contributed by atoms with E-state index in [1.807, 2.05) is 0 Å². The molecule has 1 rings (SSSR count). The van der Waals surface area contributed by atoms with Crippen molar-refractivity contribution in [3.63, 3.8) is 0 Å². The van der Waals surface area contributed by atoms with E-state index in [4.69, 9.17) is 15.0 Å². The van der Waals surface area contributed by atoms with Gasteiger partial charge in [-0.1, -0.05) is 5.16 Å². The first-order valence-electron chi connectivity index (χ1n) is 5.09. The zero-order valence-electron chi connectivity index (χ0n) is 9.60. The molecule has 0 atom stereocenters. The topological polar surface area (TPSA) is 81.6 Å². The van der Waals surface area contributed by atoms with E-state index < -0.39 is 0 Å². The first kappa shape index (κ1) is 12.7. The molecular formula is C10H17N3O3. The molecule has 0 spiro atoms. The van der Waals surface area contributed by atoms with Gasteiger partial charge in [-0.15, -0.1) is 0 Å². The first-order chi connectivity index (χ1) is 7.69. The fourth-order valence-corrected chi connectivity index (χ4v) is 1.25. The van der Waals surface area contributed by atoms with E-state index in [1.54, 1.807) is 25.1 Å². The first-order valence-corrected chi connectivity index (χ1v) is 5.09. The van der Waals surface area contributed by atoms with Crippen molar-refractivity contribution < 1.29 is 14.1 Å². The third kappa shape index (κ3) is 3.32. The lowest BCUT2D eigenvalue weighted by molar-refractivity contribution is 0.0783. The molecule has 0 radical (unpaired) electrons. The van der Waals surface area contributed by atoms with Gasteiger partial charge in [0.2, 0.25) is 0 Å². The van der Waals surface area contributed by atoms with E-state index in [-0.39, 0.29) is 5.91 Å². The maximum atomic E-state index is 11.8. The van der Waals surface area contributed by atoms with Crippen molar-refractivity contribution in [2.24, 2.45) is 5.73 Å². The Morgan fingerprint density at radius 1 is 1.69 bits per heavy atom. The molecule has 0 aliphatic rings. The van der Waals surface area contributed by atoms with Crippen molar-refractivity contribution in [1.29, 1.82) is 0 Å². The fraction of sp³-hybridized carbons (Fsp3) is 0.600. The van der Waals surface area contributed by atoms with Crippen LogP contribution in [0.3, 0.4) is 0 Å². The number of rotatable bonds is 6. The Morgan fingerprint density at radius 2 is 2.44 bits per heavy atom. The summed E-state index contributed by atoms with van der Waals surface area (Å²) in [5, 5.41) is 3.69. The summed E-state index contributed by atoms with van der Waals surface area (Å²) in [7, 11) is 3.26. The number of ether oxygens (including phenoxy) is 1. The van der Waals surface area contributed by atoms with Crippen molar-refractivity contribution in [3.8, 4) is 0 Å². The van der Waals surface area contributed by atoms with Gasteiger partial charge in [0.25, 0.3) is 5.91 Å². The molecule has 1 heterocycles. The zero-order chi connectivity index (χ0) is 12.0. The minimum atomic E-state index is -0.167. The average Bonchev–Trinajstić information content (AvgIpc) is 2.74. The van der Waals surface area contributed by atoms with Gasteiger partial charge in [0.1, 0.15) is 6.61 Å². The van der Waals surface area contributed by atoms with Crippen LogP contribution >= 0.6 is 0 Å². The summed E-state index contributed by atoms with van der Waals surface area (Å²) < 4.78 is 9.80. The van der Waals surface area contributed by atoms with Crippen molar-refractivity contribution in [2.45, 2.75) is 13.0 Å². The normalized spacial score (nSPS) is 10.4. The molecule has 16 heavy (non-hydrogen) atoms. The second-order valence-electron chi connectivity index (χ2n) is 3.48. The van der Waals surface area contributed by atoms with Gasteiger partial charge >= 0.3 is 0 Å². The summed E-state index contributed by atoms with van der Waals surface area (Å²) in [6.45, 7) is 1.49. The molecule has 0 saturated heterocycles. The quantitative estimate of drug-likeness (QED) is 0.753. The number of hydrogen-bond donors (Lipinski definition) is 1. The fourth-order valence-electron chi connectivity index (χ4n) is 1.25. The lowest BCUT2D eigenvalue weighted by Crippen LogP contribution is -2.29. The highest BCUT2D eigenvalue weighted by atomic mass is 16.5. The van der Waals surface area contributed by atoms with Gasteiger partial charge in [0.15, 0.2) is 11.5 Å². The van der Waals surface area contributed by atoms with Crippen molar-refractivity contribution in [1.82, 2.24) is 10.1 Å². The van der Waals surface area contributed by atoms with E-state index in [9.17, 15) is 4.79 Å². The molecule has 1 amide bonds. The number of hydrogen-bond acceptors (Lipinski definition) is 5. The summed E-state index contributed by atoms with van der Waals surface area (Å²) in [5.74, 6) is 0.373. The SMILES string of the molecule is COCc1cc(C(=O)N(C)CCCN)no1. The van der Waals surface area contributed by atoms with Gasteiger partial charge in [-0.05, 0) is 13.0 Å². The highest BCUT2D eigenvalue weighted by Gasteiger charge is 2.16. The van der Waals surface area contributed by atoms with Crippen LogP contribution in [0.1, 0.15) is 22.7 Å². The number of amides is 1. The standard InChI is InChI=1S/C10H17N3O3/c1-13(5-3-4-11)10(14)9-6-8(7-15-2)16-12-9/h6H,3-5,7,11H2,1-2H3. The molecule has 6 heteroatoms. The second kappa shape index (κ2) is 6.24. The van der Waals surface area contributed by atoms with E-state index >= 15 is 0 Å². The van der Waals surface area contributed by atoms with Gasteiger partial charge in [-0.3, -0.25) is 4.79 Å². The minimum Gasteiger partial charge on any atom is -0.377 e. The van der Waals surface area contributed by atoms with Gasteiger partial charge < -0.3 is 19.9 Å². The van der Waals surface area contributed by atoms with Crippen LogP contribution in [0.15, 0.2) is 10.6 Å². The number of carbonyl (C=O) groups excluding carboxylic acids is 1. The summed E-state index contributed by atoms with van der Waals surface area (Å²) in [6, 6.07) is 1.59. The smallest absolute Gasteiger partial charge is 0.275 e. The van der Waals surface area contributed by atoms with Crippen molar-refractivity contribution in [3.05, 3.63) is 17.5 Å². The van der Waals surface area contributed by atoms with Crippen LogP contribution in [0.4, 0.5) is 0 Å². The predicted octanol–water partition coefficient (Wildman–Crippen LogP) is 0.242. The average molecular weight is 227 g/mol. The molecule has 1 aromatic heterocycles. The Balaban J connectivity index is 2.57. The van der Waals surface area contributed by atoms with Crippen LogP contribution in [0.5, 0.6) is 0 Å². The van der Waals surface area contributed by atoms with Crippen LogP contribution in [-0.4, -0.2) is 43.2 Å². The summed E-state index contributed by atoms with van der Waals surface area (Å²) in [5.41, 5.74) is 5.67. The third-order valence-corrected chi connectivity index (χ3v) is 2.11. The highest BCUT2D eigenvalue weighted by Crippen LogP contribution is 2.07. The Bertz CT molecular complexity index is 338. The van der Waals surface area contributed by atoms with Crippen molar-refractivity contribution in [2.75, 3.05) is 27.2 Å². The van der Waals surface area contributed by atoms with Gasteiger partial charge in [-0.25, -0.2) is 0 Å². The monoisotopic (exact) mass is 227 g/mol. The van der Waals surface area contributed by atoms with Gasteiger partial charge in [0, 0.05) is 26.8 Å². The molecule has 0 unspecified atom stereocenters. The lowest BCUT2D eigenvalue weighted by atomic mass is 10.3. The molecule has 1 aromatic rings. The number of nitrogens with two attached hydrogens (primary N) is 1. The molecule has 0 fully saturated rings. The van der Waals surface area contributed by atoms with Crippen LogP contribution in [0.2, 0.25) is 0 Å². The molecule has 0 aliphatic carbocycles. The molecule has 0 aliphatic heterocycles. The Labute approximate surface area is 94.3 Å². The second-order valence-corrected chi connectivity index (χ2v) is 3.48. The van der Waals surface area contributed by atoms with Crippen molar-refractivity contribution >= 4 is 5.91 Å². The molecule has 6 nitrogen and oxygen atoms in total. The van der Waals surface area contributed by atoms with Crippen LogP contribution < -0.4 is 5.73 Å². The van der Waals surface area contributed by atoms with Crippen LogP contribution in [0.25, 0.3) is 0 Å². The van der Waals surface area contributed by atoms with Crippen LogP contribution in [0, 0.1) is 0 Å². The number of carbonyl (C=O) groups is 1. The van der Waals surface area contributed by atoms with Gasteiger partial charge in [0.05, 0.1) is 0 Å². The maximum absolute atomic E-state index is 11.8. The lowest BCUT2D eigenvalue weighted by Gasteiger charge is -2.14. The van der Waals surface area contributed by atoms with Gasteiger partial charge in [-0.2, -0.15) is 0 Å². The van der Waals surface area contributed by atoms with E-state index in [0.717, 1.165) is 6.42 Å². The molecule has 0 saturated carbocycles. The summed E-state index contributed by atoms with van der Waals surface area (Å²) >= 11 is 0. The summed E-state index contributed by atoms with van der Waals surface area (Å²) in [6.07, 6.45) is 0.769. The molecule has 0 bridgehead atoms. The zero-order valence-corrected chi connectivity index (χ0v) is 9.60. The number of nitrogens with zero attached hydrogens (tertiary/aromatic N) is 2. The van der Waals surface area contributed by atoms with Crippen LogP contribution in [-0.2, 0) is 11.3 Å². The largest absolute Gasteiger partial charge is 0.377 e. The molecule has 2 N–H and O–H groups in total. The van der Waals surface area contributed by atoms with E-state index in [1.165, 1.54) is 0 Å². The van der Waals surface area contributed by atoms with E-state index in [2.05, 4.69) is 5.16 Å². The van der Waals surface area contributed by atoms with E-state index in [0.29, 0.717) is 31.2 Å². The predicted molar refractivity (Wildman–Crippen MR) is 57.8 cm³/mol. The number of aromatic nitrogens is 1. The highest BCUT2D eigenvalue weighted by molar-refractivity contribution is 5.92. The number of methoxy groups -OCH3 is 1. The maximum Gasteiger partial charge on any atom is 0.275 e. The Hall–Kier alpha value is -1.40. The molecular weight excluding hydrogens is 210 g/mol. The summed E-state index contributed by atoms with van der Waals surface area (Å²) in [4.78, 5) is 13.4. The third-order valence-electron chi connectivity index (χ3n) is 2.11. The Kier molecular flexibility index (Phi) is 4.94. The Morgan fingerprint density at radius 3 is 3.06 bits per heavy atom.